The summed E-state index contributed by atoms with van der Waals surface area (Å²) in [5.74, 6) is -0.713. The fraction of sp³-hybridized carbons (Fsp3) is 0.409. The average molecular weight is 508 g/mol. The first kappa shape index (κ1) is 23.2. The summed E-state index contributed by atoms with van der Waals surface area (Å²) in [4.78, 5) is 32.5. The first-order valence-corrected chi connectivity index (χ1v) is 11.4. The van der Waals surface area contributed by atoms with E-state index < -0.39 is 11.4 Å². The summed E-state index contributed by atoms with van der Waals surface area (Å²) in [6.07, 6.45) is 0.293. The second-order valence-corrected chi connectivity index (χ2v) is 10.6. The lowest BCUT2D eigenvalue weighted by molar-refractivity contribution is 0.0255. The van der Waals surface area contributed by atoms with Crippen molar-refractivity contribution in [2.45, 2.75) is 32.8 Å². The molecule has 0 atom stereocenters. The lowest BCUT2D eigenvalue weighted by atomic mass is 10.1. The van der Waals surface area contributed by atoms with Gasteiger partial charge in [-0.1, -0.05) is 12.1 Å². The van der Waals surface area contributed by atoms with Gasteiger partial charge >= 0.3 is 6.09 Å². The molecule has 0 saturated carbocycles. The number of ether oxygens (including phenoxy) is 1. The van der Waals surface area contributed by atoms with Crippen LogP contribution in [0.15, 0.2) is 28.1 Å². The molecule has 1 aromatic heterocycles. The fourth-order valence-corrected chi connectivity index (χ4v) is 4.96. The standard InChI is InChI=1S/C22H23BrFN3O3S/c1-22(2,3)30-21(29)27-9-5-8-26(10-11-27)20(28)18-13-15(19(23)31-18)14-6-7-17(25-4)16(24)12-14/h6-7,12-13H,5,8-11H2,1-3H3. The number of benzene rings is 1. The third-order valence-electron chi connectivity index (χ3n) is 4.71. The molecule has 1 aliphatic rings. The van der Waals surface area contributed by atoms with E-state index in [0.717, 1.165) is 3.79 Å². The van der Waals surface area contributed by atoms with Gasteiger partial charge < -0.3 is 14.5 Å². The van der Waals surface area contributed by atoms with Gasteiger partial charge in [0.25, 0.3) is 5.91 Å². The van der Waals surface area contributed by atoms with Crippen LogP contribution in [-0.4, -0.2) is 53.6 Å². The Morgan fingerprint density at radius 3 is 2.48 bits per heavy atom. The van der Waals surface area contributed by atoms with Crippen LogP contribution >= 0.6 is 27.3 Å². The highest BCUT2D eigenvalue weighted by atomic mass is 79.9. The second kappa shape index (κ2) is 9.37. The summed E-state index contributed by atoms with van der Waals surface area (Å²) in [7, 11) is 0. The topological polar surface area (TPSA) is 54.2 Å². The number of hydrogen-bond donors (Lipinski definition) is 0. The van der Waals surface area contributed by atoms with Crippen LogP contribution in [-0.2, 0) is 4.74 Å². The maximum absolute atomic E-state index is 14.0. The minimum atomic E-state index is -0.590. The van der Waals surface area contributed by atoms with Crippen molar-refractivity contribution in [1.29, 1.82) is 0 Å². The molecule has 0 spiro atoms. The zero-order valence-electron chi connectivity index (χ0n) is 17.6. The van der Waals surface area contributed by atoms with Gasteiger partial charge in [-0.15, -0.1) is 11.3 Å². The highest BCUT2D eigenvalue weighted by Gasteiger charge is 2.27. The molecule has 3 rings (SSSR count). The maximum atomic E-state index is 14.0. The van der Waals surface area contributed by atoms with Gasteiger partial charge in [0.05, 0.1) is 15.2 Å². The van der Waals surface area contributed by atoms with Crippen LogP contribution in [0.1, 0.15) is 36.9 Å². The van der Waals surface area contributed by atoms with E-state index >= 15 is 0 Å². The minimum absolute atomic E-state index is 0.0366. The monoisotopic (exact) mass is 507 g/mol. The van der Waals surface area contributed by atoms with Crippen LogP contribution in [0.5, 0.6) is 0 Å². The van der Waals surface area contributed by atoms with E-state index in [1.165, 1.54) is 23.5 Å². The van der Waals surface area contributed by atoms with Gasteiger partial charge in [-0.05, 0) is 60.8 Å². The highest BCUT2D eigenvalue weighted by Crippen LogP contribution is 2.38. The molecule has 0 bridgehead atoms. The maximum Gasteiger partial charge on any atom is 0.410 e. The molecule has 0 radical (unpaired) electrons. The van der Waals surface area contributed by atoms with Crippen LogP contribution in [0.25, 0.3) is 16.0 Å². The molecular formula is C22H23BrFN3O3S. The normalized spacial score (nSPS) is 14.7. The van der Waals surface area contributed by atoms with Crippen LogP contribution in [0.4, 0.5) is 14.9 Å². The van der Waals surface area contributed by atoms with Crippen molar-refractivity contribution in [1.82, 2.24) is 9.80 Å². The Morgan fingerprint density at radius 1 is 1.16 bits per heavy atom. The van der Waals surface area contributed by atoms with Crippen LogP contribution in [0.2, 0.25) is 0 Å². The predicted octanol–water partition coefficient (Wildman–Crippen LogP) is 5.95. The van der Waals surface area contributed by atoms with Crippen molar-refractivity contribution in [3.63, 3.8) is 0 Å². The van der Waals surface area contributed by atoms with Crippen molar-refractivity contribution in [3.8, 4) is 11.1 Å². The predicted molar refractivity (Wildman–Crippen MR) is 122 cm³/mol. The van der Waals surface area contributed by atoms with Crippen molar-refractivity contribution in [2.75, 3.05) is 26.2 Å². The Hall–Kier alpha value is -2.44. The molecule has 0 aliphatic carbocycles. The quantitative estimate of drug-likeness (QED) is 0.471. The van der Waals surface area contributed by atoms with Gasteiger partial charge in [-0.25, -0.2) is 14.0 Å². The van der Waals surface area contributed by atoms with Crippen LogP contribution in [0, 0.1) is 12.4 Å². The van der Waals surface area contributed by atoms with E-state index in [4.69, 9.17) is 11.3 Å². The second-order valence-electron chi connectivity index (χ2n) is 8.19. The van der Waals surface area contributed by atoms with E-state index in [-0.39, 0.29) is 17.7 Å². The molecule has 1 aromatic carbocycles. The third-order valence-corrected chi connectivity index (χ3v) is 6.54. The molecule has 6 nitrogen and oxygen atoms in total. The molecule has 1 aliphatic heterocycles. The molecule has 2 amide bonds. The van der Waals surface area contributed by atoms with Gasteiger partial charge in [0.1, 0.15) is 11.4 Å². The third kappa shape index (κ3) is 5.63. The van der Waals surface area contributed by atoms with E-state index in [1.54, 1.807) is 21.9 Å². The number of rotatable bonds is 2. The summed E-state index contributed by atoms with van der Waals surface area (Å²) in [5.41, 5.74) is 0.698. The zero-order valence-corrected chi connectivity index (χ0v) is 20.0. The molecule has 0 N–H and O–H groups in total. The first-order valence-electron chi connectivity index (χ1n) is 9.83. The van der Waals surface area contributed by atoms with E-state index in [2.05, 4.69) is 20.8 Å². The summed E-state index contributed by atoms with van der Waals surface area (Å²) < 4.78 is 20.2. The number of halogens is 2. The van der Waals surface area contributed by atoms with E-state index in [9.17, 15) is 14.0 Å². The van der Waals surface area contributed by atoms with Crippen molar-refractivity contribution >= 4 is 45.0 Å². The molecule has 164 valence electrons. The fourth-order valence-electron chi connectivity index (χ4n) is 3.22. The molecular weight excluding hydrogens is 485 g/mol. The Kier molecular flexibility index (Phi) is 7.02. The van der Waals surface area contributed by atoms with Crippen LogP contribution < -0.4 is 0 Å². The van der Waals surface area contributed by atoms with Gasteiger partial charge in [0, 0.05) is 31.7 Å². The molecule has 2 aromatic rings. The highest BCUT2D eigenvalue weighted by molar-refractivity contribution is 9.11. The minimum Gasteiger partial charge on any atom is -0.444 e. The molecule has 31 heavy (non-hydrogen) atoms. The molecule has 1 fully saturated rings. The van der Waals surface area contributed by atoms with Gasteiger partial charge in [-0.2, -0.15) is 0 Å². The SMILES string of the molecule is [C-]#[N+]c1ccc(-c2cc(C(=O)N3CCCN(C(=O)OC(C)(C)C)CC3)sc2Br)cc1F. The number of carbonyl (C=O) groups excluding carboxylic acids is 2. The Labute approximate surface area is 193 Å². The van der Waals surface area contributed by atoms with Gasteiger partial charge in [-0.3, -0.25) is 4.79 Å². The smallest absolute Gasteiger partial charge is 0.410 e. The van der Waals surface area contributed by atoms with E-state index in [0.29, 0.717) is 48.6 Å². The van der Waals surface area contributed by atoms with Crippen molar-refractivity contribution < 1.29 is 18.7 Å². The molecule has 1 saturated heterocycles. The number of hydrogen-bond acceptors (Lipinski definition) is 4. The summed E-state index contributed by atoms with van der Waals surface area (Å²) >= 11 is 4.76. The van der Waals surface area contributed by atoms with Gasteiger partial charge in [0.15, 0.2) is 0 Å². The van der Waals surface area contributed by atoms with E-state index in [1.807, 2.05) is 20.8 Å². The van der Waals surface area contributed by atoms with Crippen molar-refractivity contribution in [3.05, 3.63) is 50.2 Å². The number of nitrogens with zero attached hydrogens (tertiary/aromatic N) is 3. The summed E-state index contributed by atoms with van der Waals surface area (Å²) in [6, 6.07) is 6.14. The Morgan fingerprint density at radius 2 is 1.84 bits per heavy atom. The Bertz CT molecular complexity index is 1040. The molecule has 9 heteroatoms. The zero-order chi connectivity index (χ0) is 22.8. The number of thiophene rings is 1. The number of carbonyl (C=O) groups is 2. The largest absolute Gasteiger partial charge is 0.444 e. The van der Waals surface area contributed by atoms with Crippen LogP contribution in [0.3, 0.4) is 0 Å². The molecule has 0 unspecified atom stereocenters. The molecule has 2 heterocycles. The lowest BCUT2D eigenvalue weighted by Gasteiger charge is -2.26. The van der Waals surface area contributed by atoms with Crippen molar-refractivity contribution in [2.24, 2.45) is 0 Å². The lowest BCUT2D eigenvalue weighted by Crippen LogP contribution is -2.40. The Balaban J connectivity index is 1.72. The average Bonchev–Trinajstić information content (AvgIpc) is 2.92. The summed E-state index contributed by atoms with van der Waals surface area (Å²) in [6.45, 7) is 14.3. The van der Waals surface area contributed by atoms with Gasteiger partial charge in [0.2, 0.25) is 5.69 Å². The summed E-state index contributed by atoms with van der Waals surface area (Å²) in [5, 5.41) is 0. The first-order chi connectivity index (χ1) is 14.6. The number of amides is 2.